The van der Waals surface area contributed by atoms with Crippen molar-refractivity contribution in [3.05, 3.63) is 24.3 Å². The molecule has 1 aliphatic heterocycles. The first kappa shape index (κ1) is 11.2. The second-order valence-corrected chi connectivity index (χ2v) is 5.16. The molecule has 1 aliphatic rings. The zero-order chi connectivity index (χ0) is 10.9. The lowest BCUT2D eigenvalue weighted by molar-refractivity contribution is -0.126. The van der Waals surface area contributed by atoms with Gasteiger partial charge in [-0.1, -0.05) is 36.1 Å². The average Bonchev–Trinajstić information content (AvgIpc) is 2.30. The van der Waals surface area contributed by atoms with E-state index in [9.17, 15) is 9.59 Å². The summed E-state index contributed by atoms with van der Waals surface area (Å²) in [7, 11) is 0. The van der Waals surface area contributed by atoms with Gasteiger partial charge in [-0.2, -0.15) is 0 Å². The Labute approximate surface area is 88.4 Å². The minimum absolute atomic E-state index is 0.00583. The minimum Gasteiger partial charge on any atom is -0.297 e. The van der Waals surface area contributed by atoms with Crippen molar-refractivity contribution in [1.82, 2.24) is 0 Å². The SMILES string of the molecule is C=C/C(C)=C\C1(C)SC(=O)C(C)C1=O. The van der Waals surface area contributed by atoms with Crippen LogP contribution >= 0.6 is 11.8 Å². The van der Waals surface area contributed by atoms with Crippen LogP contribution in [0.25, 0.3) is 0 Å². The number of Topliss-reactive ketones (excluding diaryl/α,β-unsaturated/α-hetero) is 1. The number of ketones is 1. The van der Waals surface area contributed by atoms with E-state index in [1.165, 1.54) is 0 Å². The van der Waals surface area contributed by atoms with Crippen molar-refractivity contribution in [2.45, 2.75) is 25.5 Å². The summed E-state index contributed by atoms with van der Waals surface area (Å²) in [5.74, 6) is -0.479. The van der Waals surface area contributed by atoms with Crippen molar-refractivity contribution in [1.29, 1.82) is 0 Å². The molecule has 0 saturated carbocycles. The third-order valence-electron chi connectivity index (χ3n) is 2.37. The second-order valence-electron chi connectivity index (χ2n) is 3.71. The van der Waals surface area contributed by atoms with Gasteiger partial charge >= 0.3 is 0 Å². The molecule has 0 spiro atoms. The highest BCUT2D eigenvalue weighted by Crippen LogP contribution is 2.41. The number of carbonyl (C=O) groups excluding carboxylic acids is 2. The molecule has 0 aromatic carbocycles. The predicted molar refractivity (Wildman–Crippen MR) is 59.1 cm³/mol. The summed E-state index contributed by atoms with van der Waals surface area (Å²) >= 11 is 1.12. The van der Waals surface area contributed by atoms with Gasteiger partial charge in [0.05, 0.1) is 10.7 Å². The molecule has 1 fully saturated rings. The number of allylic oxidation sites excluding steroid dienone is 2. The molecule has 0 radical (unpaired) electrons. The lowest BCUT2D eigenvalue weighted by Crippen LogP contribution is -2.27. The lowest BCUT2D eigenvalue weighted by atomic mass is 9.94. The van der Waals surface area contributed by atoms with E-state index in [-0.39, 0.29) is 10.9 Å². The minimum atomic E-state index is -0.686. The molecule has 3 heteroatoms. The molecule has 2 nitrogen and oxygen atoms in total. The molecule has 0 N–H and O–H groups in total. The molecule has 2 atom stereocenters. The van der Waals surface area contributed by atoms with Crippen LogP contribution in [0, 0.1) is 5.92 Å². The Morgan fingerprint density at radius 1 is 1.57 bits per heavy atom. The van der Waals surface area contributed by atoms with Crippen LogP contribution in [0.5, 0.6) is 0 Å². The second kappa shape index (κ2) is 3.73. The third-order valence-corrected chi connectivity index (χ3v) is 3.67. The van der Waals surface area contributed by atoms with Crippen LogP contribution in [0.3, 0.4) is 0 Å². The van der Waals surface area contributed by atoms with Crippen molar-refractivity contribution < 1.29 is 9.59 Å². The zero-order valence-electron chi connectivity index (χ0n) is 8.66. The molecule has 1 heterocycles. The first-order chi connectivity index (χ1) is 6.40. The molecule has 0 aliphatic carbocycles. The summed E-state index contributed by atoms with van der Waals surface area (Å²) in [5.41, 5.74) is 0.926. The Bertz CT molecular complexity index is 330. The van der Waals surface area contributed by atoms with E-state index in [0.717, 1.165) is 17.3 Å². The van der Waals surface area contributed by atoms with E-state index in [2.05, 4.69) is 6.58 Å². The molecule has 0 aromatic heterocycles. The molecule has 76 valence electrons. The van der Waals surface area contributed by atoms with Crippen LogP contribution in [-0.4, -0.2) is 15.6 Å². The molecule has 14 heavy (non-hydrogen) atoms. The Morgan fingerprint density at radius 2 is 2.14 bits per heavy atom. The normalized spacial score (nSPS) is 33.6. The molecule has 0 bridgehead atoms. The molecule has 2 unspecified atom stereocenters. The van der Waals surface area contributed by atoms with Crippen LogP contribution in [0.2, 0.25) is 0 Å². The van der Waals surface area contributed by atoms with E-state index in [4.69, 9.17) is 0 Å². The van der Waals surface area contributed by atoms with E-state index in [1.54, 1.807) is 19.9 Å². The van der Waals surface area contributed by atoms with E-state index in [1.807, 2.05) is 13.0 Å². The smallest absolute Gasteiger partial charge is 0.200 e. The van der Waals surface area contributed by atoms with E-state index in [0.29, 0.717) is 0 Å². The lowest BCUT2D eigenvalue weighted by Gasteiger charge is -2.15. The largest absolute Gasteiger partial charge is 0.297 e. The van der Waals surface area contributed by atoms with Crippen molar-refractivity contribution >= 4 is 22.7 Å². The summed E-state index contributed by atoms with van der Waals surface area (Å²) in [6, 6.07) is 0. The fourth-order valence-electron chi connectivity index (χ4n) is 1.48. The van der Waals surface area contributed by atoms with Gasteiger partial charge in [0.15, 0.2) is 10.9 Å². The fourth-order valence-corrected chi connectivity index (χ4v) is 2.70. The van der Waals surface area contributed by atoms with Crippen molar-refractivity contribution in [2.24, 2.45) is 5.92 Å². The highest BCUT2D eigenvalue weighted by Gasteiger charge is 2.47. The van der Waals surface area contributed by atoms with Gasteiger partial charge in [-0.15, -0.1) is 0 Å². The first-order valence-electron chi connectivity index (χ1n) is 4.50. The molecule has 1 saturated heterocycles. The van der Waals surface area contributed by atoms with Crippen LogP contribution in [-0.2, 0) is 9.59 Å². The monoisotopic (exact) mass is 210 g/mol. The maximum Gasteiger partial charge on any atom is 0.200 e. The van der Waals surface area contributed by atoms with Gasteiger partial charge in [-0.3, -0.25) is 9.59 Å². The topological polar surface area (TPSA) is 34.1 Å². The number of hydrogen-bond donors (Lipinski definition) is 0. The Balaban J connectivity index is 3.03. The van der Waals surface area contributed by atoms with Crippen molar-refractivity contribution in [3.8, 4) is 0 Å². The van der Waals surface area contributed by atoms with Gasteiger partial charge in [0.2, 0.25) is 0 Å². The quantitative estimate of drug-likeness (QED) is 0.518. The predicted octanol–water partition coefficient (Wildman–Crippen LogP) is 2.36. The molecular weight excluding hydrogens is 196 g/mol. The molecule has 1 rings (SSSR count). The number of hydrogen-bond acceptors (Lipinski definition) is 3. The van der Waals surface area contributed by atoms with Gasteiger partial charge in [0, 0.05) is 0 Å². The summed E-state index contributed by atoms with van der Waals surface area (Å²) in [5, 5.41) is -0.0365. The Kier molecular flexibility index (Phi) is 3.00. The molecule has 0 amide bonds. The van der Waals surface area contributed by atoms with Gasteiger partial charge < -0.3 is 0 Å². The molecule has 0 aromatic rings. The molecular formula is C11H14O2S. The van der Waals surface area contributed by atoms with Gasteiger partial charge in [0.25, 0.3) is 0 Å². The van der Waals surface area contributed by atoms with Gasteiger partial charge in [-0.25, -0.2) is 0 Å². The van der Waals surface area contributed by atoms with Crippen LogP contribution < -0.4 is 0 Å². The third kappa shape index (κ3) is 1.82. The standard InChI is InChI=1S/C11H14O2S/c1-5-7(2)6-11(4)9(12)8(3)10(13)14-11/h5-6,8H,1H2,2-4H3/b7-6-. The van der Waals surface area contributed by atoms with Gasteiger partial charge in [0.1, 0.15) is 0 Å². The van der Waals surface area contributed by atoms with Crippen LogP contribution in [0.15, 0.2) is 24.3 Å². The Morgan fingerprint density at radius 3 is 2.50 bits per heavy atom. The summed E-state index contributed by atoms with van der Waals surface area (Å²) in [6.07, 6.45) is 3.50. The average molecular weight is 210 g/mol. The van der Waals surface area contributed by atoms with Gasteiger partial charge in [-0.05, 0) is 20.8 Å². The first-order valence-corrected chi connectivity index (χ1v) is 5.31. The van der Waals surface area contributed by atoms with Crippen molar-refractivity contribution in [2.75, 3.05) is 0 Å². The highest BCUT2D eigenvalue weighted by atomic mass is 32.2. The van der Waals surface area contributed by atoms with Crippen LogP contribution in [0.4, 0.5) is 0 Å². The van der Waals surface area contributed by atoms with E-state index >= 15 is 0 Å². The fraction of sp³-hybridized carbons (Fsp3) is 0.455. The highest BCUT2D eigenvalue weighted by molar-refractivity contribution is 8.16. The zero-order valence-corrected chi connectivity index (χ0v) is 9.48. The number of carbonyl (C=O) groups is 2. The number of thioether (sulfide) groups is 1. The maximum atomic E-state index is 11.8. The Hall–Kier alpha value is -0.830. The summed E-state index contributed by atoms with van der Waals surface area (Å²) < 4.78 is -0.686. The van der Waals surface area contributed by atoms with Crippen LogP contribution in [0.1, 0.15) is 20.8 Å². The van der Waals surface area contributed by atoms with E-state index < -0.39 is 10.7 Å². The summed E-state index contributed by atoms with van der Waals surface area (Å²) in [4.78, 5) is 23.1. The summed E-state index contributed by atoms with van der Waals surface area (Å²) in [6.45, 7) is 8.95. The van der Waals surface area contributed by atoms with Crippen molar-refractivity contribution in [3.63, 3.8) is 0 Å². The number of rotatable bonds is 2. The maximum absolute atomic E-state index is 11.8.